The molecule has 2 aromatic rings. The normalized spacial score (nSPS) is 17.6. The number of anilines is 1. The fourth-order valence-electron chi connectivity index (χ4n) is 2.31. The van der Waals surface area contributed by atoms with Gasteiger partial charge < -0.3 is 5.32 Å². The molecule has 0 saturated heterocycles. The molecule has 0 bridgehead atoms. The molecule has 1 aliphatic rings. The lowest BCUT2D eigenvalue weighted by Gasteiger charge is -2.08. The maximum absolute atomic E-state index is 4.79. The van der Waals surface area contributed by atoms with Gasteiger partial charge in [-0.1, -0.05) is 48.2 Å². The lowest BCUT2D eigenvalue weighted by Crippen LogP contribution is -2.08. The molecular formula is C17H17BrN2S. The molecule has 2 nitrogen and oxygen atoms in total. The molecule has 0 fully saturated rings. The number of hydrogen-bond acceptors (Lipinski definition) is 3. The molecule has 21 heavy (non-hydrogen) atoms. The molecule has 1 N–H and O–H groups in total. The highest BCUT2D eigenvalue weighted by atomic mass is 79.9. The van der Waals surface area contributed by atoms with Crippen LogP contribution in [0.5, 0.6) is 0 Å². The lowest BCUT2D eigenvalue weighted by molar-refractivity contribution is 0.762. The summed E-state index contributed by atoms with van der Waals surface area (Å²) in [4.78, 5) is 4.79. The number of amidine groups is 1. The molecule has 0 spiro atoms. The van der Waals surface area contributed by atoms with E-state index in [0.717, 1.165) is 27.5 Å². The third kappa shape index (κ3) is 3.89. The molecular weight excluding hydrogens is 344 g/mol. The number of aliphatic imine (C=N–C) groups is 1. The number of rotatable bonds is 3. The van der Waals surface area contributed by atoms with Crippen LogP contribution in [0.3, 0.4) is 0 Å². The predicted octanol–water partition coefficient (Wildman–Crippen LogP) is 4.88. The molecule has 3 rings (SSSR count). The first-order chi connectivity index (χ1) is 10.2. The van der Waals surface area contributed by atoms with E-state index < -0.39 is 0 Å². The van der Waals surface area contributed by atoms with Gasteiger partial charge in [-0.05, 0) is 52.5 Å². The van der Waals surface area contributed by atoms with Crippen molar-refractivity contribution in [2.45, 2.75) is 19.4 Å². The van der Waals surface area contributed by atoms with E-state index in [1.807, 2.05) is 0 Å². The maximum Gasteiger partial charge on any atom is 0.161 e. The molecule has 1 aliphatic heterocycles. The summed E-state index contributed by atoms with van der Waals surface area (Å²) in [6.07, 6.45) is 1.01. The van der Waals surface area contributed by atoms with E-state index in [0.29, 0.717) is 6.04 Å². The van der Waals surface area contributed by atoms with Gasteiger partial charge in [0.1, 0.15) is 0 Å². The number of thioether (sulfide) groups is 1. The van der Waals surface area contributed by atoms with E-state index in [1.54, 1.807) is 11.8 Å². The Morgan fingerprint density at radius 2 is 2.05 bits per heavy atom. The van der Waals surface area contributed by atoms with Crippen LogP contribution in [0.15, 0.2) is 58.0 Å². The molecule has 4 heteroatoms. The average Bonchev–Trinajstić information content (AvgIpc) is 2.90. The Morgan fingerprint density at radius 1 is 1.24 bits per heavy atom. The Balaban J connectivity index is 1.66. The monoisotopic (exact) mass is 360 g/mol. The number of halogens is 1. The van der Waals surface area contributed by atoms with E-state index in [9.17, 15) is 0 Å². The molecule has 0 aromatic heterocycles. The first-order valence-electron chi connectivity index (χ1n) is 6.98. The van der Waals surface area contributed by atoms with Crippen LogP contribution >= 0.6 is 27.7 Å². The van der Waals surface area contributed by atoms with Crippen LogP contribution in [0.2, 0.25) is 0 Å². The second-order valence-electron chi connectivity index (χ2n) is 5.20. The Morgan fingerprint density at radius 3 is 2.81 bits per heavy atom. The minimum absolute atomic E-state index is 0.365. The van der Waals surface area contributed by atoms with Crippen molar-refractivity contribution >= 4 is 38.5 Å². The van der Waals surface area contributed by atoms with Crippen LogP contribution in [0.25, 0.3) is 0 Å². The van der Waals surface area contributed by atoms with E-state index in [1.165, 1.54) is 11.1 Å². The minimum Gasteiger partial charge on any atom is -0.334 e. The first-order valence-corrected chi connectivity index (χ1v) is 8.76. The molecule has 1 heterocycles. The Kier molecular flexibility index (Phi) is 4.66. The number of aryl methyl sites for hydroxylation is 1. The summed E-state index contributed by atoms with van der Waals surface area (Å²) in [5, 5.41) is 4.43. The van der Waals surface area contributed by atoms with Crippen molar-refractivity contribution in [3.05, 3.63) is 64.1 Å². The van der Waals surface area contributed by atoms with Crippen molar-refractivity contribution in [3.63, 3.8) is 0 Å². The Labute approximate surface area is 138 Å². The summed E-state index contributed by atoms with van der Waals surface area (Å²) in [5.74, 6) is 1.04. The van der Waals surface area contributed by atoms with Gasteiger partial charge in [-0.3, -0.25) is 4.99 Å². The SMILES string of the molecule is Cc1ccc(NC2=NC(Cc3ccccc3)CS2)c(Br)c1. The highest BCUT2D eigenvalue weighted by Crippen LogP contribution is 2.27. The third-order valence-electron chi connectivity index (χ3n) is 3.39. The van der Waals surface area contributed by atoms with Crippen molar-refractivity contribution in [1.82, 2.24) is 0 Å². The fourth-order valence-corrected chi connectivity index (χ4v) is 3.85. The van der Waals surface area contributed by atoms with Gasteiger partial charge >= 0.3 is 0 Å². The number of benzene rings is 2. The zero-order chi connectivity index (χ0) is 14.7. The molecule has 0 aliphatic carbocycles. The first kappa shape index (κ1) is 14.7. The standard InChI is InChI=1S/C17H17BrN2S/c1-12-7-8-16(15(18)9-12)20-17-19-14(11-21-17)10-13-5-3-2-4-6-13/h2-9,14H,10-11H2,1H3,(H,19,20). The fraction of sp³-hybridized carbons (Fsp3) is 0.235. The minimum atomic E-state index is 0.365. The van der Waals surface area contributed by atoms with Crippen LogP contribution in [-0.2, 0) is 6.42 Å². The molecule has 1 unspecified atom stereocenters. The van der Waals surface area contributed by atoms with Crippen LogP contribution in [0, 0.1) is 6.92 Å². The molecule has 108 valence electrons. The van der Waals surface area contributed by atoms with E-state index >= 15 is 0 Å². The molecule has 2 aromatic carbocycles. The summed E-state index contributed by atoms with van der Waals surface area (Å²) in [6.45, 7) is 2.09. The predicted molar refractivity (Wildman–Crippen MR) is 96.3 cm³/mol. The van der Waals surface area contributed by atoms with E-state index in [2.05, 4.69) is 76.7 Å². The molecule has 1 atom stereocenters. The topological polar surface area (TPSA) is 24.4 Å². The van der Waals surface area contributed by atoms with Gasteiger partial charge in [0.15, 0.2) is 5.17 Å². The second-order valence-corrected chi connectivity index (χ2v) is 7.06. The van der Waals surface area contributed by atoms with Crippen molar-refractivity contribution < 1.29 is 0 Å². The van der Waals surface area contributed by atoms with Crippen molar-refractivity contribution in [3.8, 4) is 0 Å². The highest BCUT2D eigenvalue weighted by Gasteiger charge is 2.19. The van der Waals surface area contributed by atoms with Crippen molar-refractivity contribution in [2.24, 2.45) is 4.99 Å². The van der Waals surface area contributed by atoms with Crippen LogP contribution in [0.4, 0.5) is 5.69 Å². The summed E-state index contributed by atoms with van der Waals surface area (Å²) in [5.41, 5.74) is 3.67. The average molecular weight is 361 g/mol. The quantitative estimate of drug-likeness (QED) is 0.842. The third-order valence-corrected chi connectivity index (χ3v) is 5.08. The van der Waals surface area contributed by atoms with Crippen molar-refractivity contribution in [2.75, 3.05) is 11.1 Å². The van der Waals surface area contributed by atoms with Gasteiger partial charge in [-0.2, -0.15) is 0 Å². The second kappa shape index (κ2) is 6.67. The maximum atomic E-state index is 4.79. The number of hydrogen-bond donors (Lipinski definition) is 1. The van der Waals surface area contributed by atoms with Gasteiger partial charge in [0, 0.05) is 10.2 Å². The highest BCUT2D eigenvalue weighted by molar-refractivity contribution is 9.10. The Hall–Kier alpha value is -1.26. The van der Waals surface area contributed by atoms with Gasteiger partial charge in [0.05, 0.1) is 11.7 Å². The van der Waals surface area contributed by atoms with E-state index in [-0.39, 0.29) is 0 Å². The van der Waals surface area contributed by atoms with Crippen LogP contribution < -0.4 is 5.32 Å². The van der Waals surface area contributed by atoms with Crippen LogP contribution in [-0.4, -0.2) is 17.0 Å². The van der Waals surface area contributed by atoms with Crippen molar-refractivity contribution in [1.29, 1.82) is 0 Å². The number of nitrogens with one attached hydrogen (secondary N) is 1. The van der Waals surface area contributed by atoms with Crippen LogP contribution in [0.1, 0.15) is 11.1 Å². The van der Waals surface area contributed by atoms with Gasteiger partial charge in [-0.25, -0.2) is 0 Å². The number of nitrogens with zero attached hydrogens (tertiary/aromatic N) is 1. The van der Waals surface area contributed by atoms with Gasteiger partial charge in [0.2, 0.25) is 0 Å². The Bertz CT molecular complexity index is 655. The molecule has 0 amide bonds. The smallest absolute Gasteiger partial charge is 0.161 e. The zero-order valence-corrected chi connectivity index (χ0v) is 14.2. The summed E-state index contributed by atoms with van der Waals surface area (Å²) < 4.78 is 1.08. The van der Waals surface area contributed by atoms with Gasteiger partial charge in [0.25, 0.3) is 0 Å². The molecule has 0 radical (unpaired) electrons. The summed E-state index contributed by atoms with van der Waals surface area (Å²) >= 11 is 5.39. The zero-order valence-electron chi connectivity index (χ0n) is 11.8. The lowest BCUT2D eigenvalue weighted by atomic mass is 10.1. The largest absolute Gasteiger partial charge is 0.334 e. The summed E-state index contributed by atoms with van der Waals surface area (Å²) in [7, 11) is 0. The summed E-state index contributed by atoms with van der Waals surface area (Å²) in [6, 6.07) is 17.2. The van der Waals surface area contributed by atoms with E-state index in [4.69, 9.17) is 4.99 Å². The van der Waals surface area contributed by atoms with Gasteiger partial charge in [-0.15, -0.1) is 0 Å². The molecule has 0 saturated carbocycles.